The van der Waals surface area contributed by atoms with Crippen LogP contribution in [-0.4, -0.2) is 42.7 Å². The number of rotatable bonds is 6. The molecule has 1 aliphatic heterocycles. The molecular formula is C18H25N3O. The number of aromatic amines is 1. The first-order valence-electron chi connectivity index (χ1n) is 8.03. The van der Waals surface area contributed by atoms with Crippen molar-refractivity contribution in [3.05, 3.63) is 59.4 Å². The van der Waals surface area contributed by atoms with Gasteiger partial charge in [0.1, 0.15) is 0 Å². The molecule has 1 aliphatic rings. The van der Waals surface area contributed by atoms with E-state index < -0.39 is 0 Å². The minimum Gasteiger partial charge on any atom is -0.379 e. The van der Waals surface area contributed by atoms with Gasteiger partial charge in [-0.05, 0) is 24.1 Å². The Kier molecular flexibility index (Phi) is 5.27. The van der Waals surface area contributed by atoms with E-state index in [9.17, 15) is 0 Å². The number of morpholine rings is 1. The van der Waals surface area contributed by atoms with Crippen LogP contribution < -0.4 is 5.32 Å². The smallest absolute Gasteiger partial charge is 0.0594 e. The van der Waals surface area contributed by atoms with Crippen LogP contribution in [0.5, 0.6) is 0 Å². The summed E-state index contributed by atoms with van der Waals surface area (Å²) < 4.78 is 5.50. The zero-order valence-electron chi connectivity index (χ0n) is 13.2. The molecule has 0 bridgehead atoms. The van der Waals surface area contributed by atoms with E-state index in [0.717, 1.165) is 39.4 Å². The van der Waals surface area contributed by atoms with Crippen LogP contribution in [-0.2, 0) is 11.3 Å². The lowest BCUT2D eigenvalue weighted by Gasteiger charge is -2.35. The Balaban J connectivity index is 1.66. The van der Waals surface area contributed by atoms with Crippen LogP contribution in [0, 0.1) is 6.92 Å². The highest BCUT2D eigenvalue weighted by atomic mass is 16.5. The number of hydrogen-bond donors (Lipinski definition) is 2. The largest absolute Gasteiger partial charge is 0.379 e. The number of aromatic nitrogens is 1. The van der Waals surface area contributed by atoms with Gasteiger partial charge in [0.05, 0.1) is 13.2 Å². The van der Waals surface area contributed by atoms with Crippen LogP contribution in [0.1, 0.15) is 22.7 Å². The monoisotopic (exact) mass is 299 g/mol. The second-order valence-electron chi connectivity index (χ2n) is 5.92. The van der Waals surface area contributed by atoms with E-state index in [4.69, 9.17) is 4.74 Å². The van der Waals surface area contributed by atoms with Gasteiger partial charge in [-0.1, -0.05) is 29.8 Å². The van der Waals surface area contributed by atoms with Crippen molar-refractivity contribution in [2.45, 2.75) is 19.5 Å². The van der Waals surface area contributed by atoms with Crippen molar-refractivity contribution >= 4 is 0 Å². The third-order valence-electron chi connectivity index (χ3n) is 4.28. The summed E-state index contributed by atoms with van der Waals surface area (Å²) in [7, 11) is 0. The Morgan fingerprint density at radius 2 is 1.95 bits per heavy atom. The molecule has 1 aromatic carbocycles. The number of benzene rings is 1. The van der Waals surface area contributed by atoms with E-state index in [0.29, 0.717) is 6.04 Å². The maximum Gasteiger partial charge on any atom is 0.0594 e. The van der Waals surface area contributed by atoms with Crippen molar-refractivity contribution in [1.29, 1.82) is 0 Å². The summed E-state index contributed by atoms with van der Waals surface area (Å²) in [6.45, 7) is 7.66. The summed E-state index contributed by atoms with van der Waals surface area (Å²) >= 11 is 0. The number of hydrogen-bond acceptors (Lipinski definition) is 3. The molecule has 0 amide bonds. The first-order valence-corrected chi connectivity index (χ1v) is 8.03. The minimum atomic E-state index is 0.406. The van der Waals surface area contributed by atoms with E-state index in [1.807, 2.05) is 12.4 Å². The Morgan fingerprint density at radius 1 is 1.18 bits per heavy atom. The molecule has 0 spiro atoms. The van der Waals surface area contributed by atoms with Crippen molar-refractivity contribution in [2.75, 3.05) is 32.8 Å². The summed E-state index contributed by atoms with van der Waals surface area (Å²) in [5, 5.41) is 3.60. The standard InChI is InChI=1S/C18H25N3O/c1-15-2-4-17(5-3-15)18(21-8-10-22-11-9-21)14-20-13-16-6-7-19-12-16/h2-7,12,18-20H,8-11,13-14H2,1H3. The quantitative estimate of drug-likeness (QED) is 0.861. The predicted octanol–water partition coefficient (Wildman–Crippen LogP) is 2.49. The average molecular weight is 299 g/mol. The molecule has 4 nitrogen and oxygen atoms in total. The molecule has 1 aromatic heterocycles. The van der Waals surface area contributed by atoms with Gasteiger partial charge in [0, 0.05) is 44.6 Å². The molecule has 2 aromatic rings. The second-order valence-corrected chi connectivity index (χ2v) is 5.92. The molecule has 1 unspecified atom stereocenters. The first-order chi connectivity index (χ1) is 10.8. The van der Waals surface area contributed by atoms with Crippen molar-refractivity contribution in [3.63, 3.8) is 0 Å². The van der Waals surface area contributed by atoms with Gasteiger partial charge >= 0.3 is 0 Å². The third-order valence-corrected chi connectivity index (χ3v) is 4.28. The number of H-pyrrole nitrogens is 1. The Bertz CT molecular complexity index is 544. The summed E-state index contributed by atoms with van der Waals surface area (Å²) in [6, 6.07) is 11.4. The minimum absolute atomic E-state index is 0.406. The lowest BCUT2D eigenvalue weighted by Crippen LogP contribution is -2.42. The Labute approximate surface area is 132 Å². The van der Waals surface area contributed by atoms with Crippen molar-refractivity contribution in [1.82, 2.24) is 15.2 Å². The zero-order chi connectivity index (χ0) is 15.2. The molecule has 2 N–H and O–H groups in total. The van der Waals surface area contributed by atoms with E-state index in [1.165, 1.54) is 16.7 Å². The molecule has 118 valence electrons. The SMILES string of the molecule is Cc1ccc(C(CNCc2cc[nH]c2)N2CCOCC2)cc1. The number of nitrogens with one attached hydrogen (secondary N) is 2. The highest BCUT2D eigenvalue weighted by molar-refractivity contribution is 5.24. The van der Waals surface area contributed by atoms with Gasteiger partial charge in [0.15, 0.2) is 0 Å². The zero-order valence-corrected chi connectivity index (χ0v) is 13.2. The van der Waals surface area contributed by atoms with Crippen LogP contribution >= 0.6 is 0 Å². The van der Waals surface area contributed by atoms with E-state index in [2.05, 4.69) is 52.5 Å². The maximum atomic E-state index is 5.50. The van der Waals surface area contributed by atoms with Gasteiger partial charge in [-0.3, -0.25) is 4.90 Å². The second kappa shape index (κ2) is 7.58. The molecular weight excluding hydrogens is 274 g/mol. The highest BCUT2D eigenvalue weighted by Crippen LogP contribution is 2.22. The van der Waals surface area contributed by atoms with Crippen LogP contribution in [0.4, 0.5) is 0 Å². The molecule has 3 rings (SSSR count). The third kappa shape index (κ3) is 3.97. The van der Waals surface area contributed by atoms with Crippen molar-refractivity contribution in [2.24, 2.45) is 0 Å². The van der Waals surface area contributed by atoms with Crippen LogP contribution in [0.25, 0.3) is 0 Å². The molecule has 1 atom stereocenters. The Morgan fingerprint density at radius 3 is 2.64 bits per heavy atom. The first kappa shape index (κ1) is 15.3. The van der Waals surface area contributed by atoms with Gasteiger partial charge in [-0.25, -0.2) is 0 Å². The normalized spacial score (nSPS) is 17.5. The number of ether oxygens (including phenoxy) is 1. The van der Waals surface area contributed by atoms with Gasteiger partial charge in [0.2, 0.25) is 0 Å². The molecule has 2 heterocycles. The molecule has 0 saturated carbocycles. The summed E-state index contributed by atoms with van der Waals surface area (Å²) in [5.74, 6) is 0. The molecule has 0 radical (unpaired) electrons. The summed E-state index contributed by atoms with van der Waals surface area (Å²) in [5.41, 5.74) is 3.99. The lowest BCUT2D eigenvalue weighted by molar-refractivity contribution is 0.0161. The van der Waals surface area contributed by atoms with Crippen LogP contribution in [0.2, 0.25) is 0 Å². The molecule has 4 heteroatoms. The molecule has 0 aliphatic carbocycles. The fourth-order valence-electron chi connectivity index (χ4n) is 2.96. The van der Waals surface area contributed by atoms with E-state index in [1.54, 1.807) is 0 Å². The number of aryl methyl sites for hydroxylation is 1. The van der Waals surface area contributed by atoms with E-state index in [-0.39, 0.29) is 0 Å². The molecule has 1 saturated heterocycles. The van der Waals surface area contributed by atoms with Gasteiger partial charge < -0.3 is 15.0 Å². The van der Waals surface area contributed by atoms with E-state index >= 15 is 0 Å². The number of nitrogens with zero attached hydrogens (tertiary/aromatic N) is 1. The van der Waals surface area contributed by atoms with Gasteiger partial charge in [-0.2, -0.15) is 0 Å². The molecule has 1 fully saturated rings. The predicted molar refractivity (Wildman–Crippen MR) is 88.8 cm³/mol. The highest BCUT2D eigenvalue weighted by Gasteiger charge is 2.22. The average Bonchev–Trinajstić information content (AvgIpc) is 3.07. The van der Waals surface area contributed by atoms with Crippen LogP contribution in [0.15, 0.2) is 42.7 Å². The lowest BCUT2D eigenvalue weighted by atomic mass is 10.0. The maximum absolute atomic E-state index is 5.50. The van der Waals surface area contributed by atoms with Gasteiger partial charge in [0.25, 0.3) is 0 Å². The summed E-state index contributed by atoms with van der Waals surface area (Å²) in [4.78, 5) is 5.63. The fourth-order valence-corrected chi connectivity index (χ4v) is 2.96. The topological polar surface area (TPSA) is 40.3 Å². The van der Waals surface area contributed by atoms with Crippen molar-refractivity contribution in [3.8, 4) is 0 Å². The van der Waals surface area contributed by atoms with Gasteiger partial charge in [-0.15, -0.1) is 0 Å². The summed E-state index contributed by atoms with van der Waals surface area (Å²) in [6.07, 6.45) is 4.01. The fraction of sp³-hybridized carbons (Fsp3) is 0.444. The van der Waals surface area contributed by atoms with Crippen LogP contribution in [0.3, 0.4) is 0 Å². The molecule has 22 heavy (non-hydrogen) atoms. The van der Waals surface area contributed by atoms with Crippen molar-refractivity contribution < 1.29 is 4.74 Å². The Hall–Kier alpha value is -1.62.